The SMILES string of the molecule is O=C(Cn1nnc2sc3c(c2c1=O)CCCC3)N(Cc1ccccc1)c1ccccc1. The molecular formula is C24H22N4O2S. The van der Waals surface area contributed by atoms with Crippen molar-refractivity contribution >= 4 is 33.1 Å². The molecule has 0 atom stereocenters. The zero-order valence-corrected chi connectivity index (χ0v) is 17.8. The molecule has 0 bridgehead atoms. The molecule has 2 aromatic heterocycles. The fraction of sp³-hybridized carbons (Fsp3) is 0.250. The Morgan fingerprint density at radius 2 is 1.71 bits per heavy atom. The van der Waals surface area contributed by atoms with Crippen molar-refractivity contribution < 1.29 is 4.79 Å². The summed E-state index contributed by atoms with van der Waals surface area (Å²) < 4.78 is 1.22. The van der Waals surface area contributed by atoms with Crippen molar-refractivity contribution in [2.75, 3.05) is 4.90 Å². The molecule has 0 radical (unpaired) electrons. The molecule has 0 fully saturated rings. The van der Waals surface area contributed by atoms with Crippen LogP contribution in [0.5, 0.6) is 0 Å². The van der Waals surface area contributed by atoms with Gasteiger partial charge >= 0.3 is 0 Å². The third-order valence-corrected chi connectivity index (χ3v) is 6.86. The van der Waals surface area contributed by atoms with E-state index in [-0.39, 0.29) is 18.0 Å². The van der Waals surface area contributed by atoms with Crippen molar-refractivity contribution in [3.63, 3.8) is 0 Å². The van der Waals surface area contributed by atoms with E-state index in [4.69, 9.17) is 0 Å². The first-order valence-corrected chi connectivity index (χ1v) is 11.3. The van der Waals surface area contributed by atoms with Gasteiger partial charge < -0.3 is 4.90 Å². The molecule has 0 saturated carbocycles. The summed E-state index contributed by atoms with van der Waals surface area (Å²) >= 11 is 1.56. The lowest BCUT2D eigenvalue weighted by Gasteiger charge is -2.23. The number of benzene rings is 2. The predicted octanol–water partition coefficient (Wildman–Crippen LogP) is 3.97. The fourth-order valence-electron chi connectivity index (χ4n) is 4.12. The molecule has 0 saturated heterocycles. The van der Waals surface area contributed by atoms with Gasteiger partial charge in [0.25, 0.3) is 5.56 Å². The van der Waals surface area contributed by atoms with E-state index in [1.165, 1.54) is 9.56 Å². The molecule has 31 heavy (non-hydrogen) atoms. The van der Waals surface area contributed by atoms with E-state index in [0.717, 1.165) is 42.5 Å². The highest BCUT2D eigenvalue weighted by atomic mass is 32.1. The van der Waals surface area contributed by atoms with Crippen LogP contribution in [-0.2, 0) is 30.7 Å². The second kappa shape index (κ2) is 8.43. The molecule has 0 N–H and O–H groups in total. The number of nitrogens with zero attached hydrogens (tertiary/aromatic N) is 4. The Hall–Kier alpha value is -3.32. The summed E-state index contributed by atoms with van der Waals surface area (Å²) in [4.78, 5) is 30.2. The first-order valence-electron chi connectivity index (χ1n) is 10.5. The van der Waals surface area contributed by atoms with Crippen molar-refractivity contribution in [1.82, 2.24) is 15.0 Å². The number of carbonyl (C=O) groups is 1. The minimum Gasteiger partial charge on any atom is -0.306 e. The minimum atomic E-state index is -0.217. The third kappa shape index (κ3) is 3.88. The van der Waals surface area contributed by atoms with Crippen molar-refractivity contribution in [2.24, 2.45) is 0 Å². The highest BCUT2D eigenvalue weighted by molar-refractivity contribution is 7.18. The number of fused-ring (bicyclic) bond motifs is 3. The molecule has 2 aromatic carbocycles. The molecule has 6 nitrogen and oxygen atoms in total. The normalized spacial score (nSPS) is 13.2. The first kappa shape index (κ1) is 19.6. The van der Waals surface area contributed by atoms with E-state index in [9.17, 15) is 9.59 Å². The van der Waals surface area contributed by atoms with Crippen LogP contribution in [0.1, 0.15) is 28.8 Å². The fourth-order valence-corrected chi connectivity index (χ4v) is 5.32. The van der Waals surface area contributed by atoms with Gasteiger partial charge in [-0.05, 0) is 48.9 Å². The molecule has 2 heterocycles. The third-order valence-electron chi connectivity index (χ3n) is 5.68. The van der Waals surface area contributed by atoms with Gasteiger partial charge in [-0.1, -0.05) is 53.7 Å². The lowest BCUT2D eigenvalue weighted by atomic mass is 9.97. The van der Waals surface area contributed by atoms with Crippen LogP contribution in [0.25, 0.3) is 10.2 Å². The number of amides is 1. The predicted molar refractivity (Wildman–Crippen MR) is 122 cm³/mol. The van der Waals surface area contributed by atoms with Crippen LogP contribution in [0.3, 0.4) is 0 Å². The quantitative estimate of drug-likeness (QED) is 0.481. The van der Waals surface area contributed by atoms with Gasteiger partial charge in [0.05, 0.1) is 11.9 Å². The standard InChI is InChI=1S/C24H22N4O2S/c29-21(27(18-11-5-2-6-12-18)15-17-9-3-1-4-10-17)16-28-24(30)22-19-13-7-8-14-20(19)31-23(22)25-26-28/h1-6,9-12H,7-8,13-16H2. The molecular weight excluding hydrogens is 408 g/mol. The number of para-hydroxylation sites is 1. The van der Waals surface area contributed by atoms with Crippen LogP contribution in [0.4, 0.5) is 5.69 Å². The number of aromatic nitrogens is 3. The Balaban J connectivity index is 1.48. The average molecular weight is 431 g/mol. The van der Waals surface area contributed by atoms with Gasteiger partial charge in [-0.25, -0.2) is 4.68 Å². The molecule has 156 valence electrons. The Morgan fingerprint density at radius 1 is 1.00 bits per heavy atom. The van der Waals surface area contributed by atoms with Gasteiger partial charge in [0.2, 0.25) is 5.91 Å². The molecule has 0 spiro atoms. The summed E-state index contributed by atoms with van der Waals surface area (Å²) in [6.45, 7) is 0.274. The van der Waals surface area contributed by atoms with Crippen molar-refractivity contribution in [3.8, 4) is 0 Å². The zero-order chi connectivity index (χ0) is 21.2. The zero-order valence-electron chi connectivity index (χ0n) is 17.0. The van der Waals surface area contributed by atoms with E-state index >= 15 is 0 Å². The van der Waals surface area contributed by atoms with E-state index in [0.29, 0.717) is 16.8 Å². The molecule has 0 aliphatic heterocycles. The van der Waals surface area contributed by atoms with Crippen LogP contribution in [0.15, 0.2) is 65.5 Å². The molecule has 4 aromatic rings. The van der Waals surface area contributed by atoms with Crippen molar-refractivity contribution in [1.29, 1.82) is 0 Å². The number of rotatable bonds is 5. The van der Waals surface area contributed by atoms with Crippen molar-refractivity contribution in [2.45, 2.75) is 38.8 Å². The first-order chi connectivity index (χ1) is 15.2. The molecule has 1 amide bonds. The average Bonchev–Trinajstić information content (AvgIpc) is 3.20. The summed E-state index contributed by atoms with van der Waals surface area (Å²) in [7, 11) is 0. The van der Waals surface area contributed by atoms with Gasteiger partial charge in [0.1, 0.15) is 6.54 Å². The summed E-state index contributed by atoms with van der Waals surface area (Å²) in [6.07, 6.45) is 4.12. The van der Waals surface area contributed by atoms with Crippen LogP contribution >= 0.6 is 11.3 Å². The highest BCUT2D eigenvalue weighted by Gasteiger charge is 2.23. The van der Waals surface area contributed by atoms with Gasteiger partial charge in [-0.3, -0.25) is 9.59 Å². The number of hydrogen-bond acceptors (Lipinski definition) is 5. The maximum Gasteiger partial charge on any atom is 0.279 e. The van der Waals surface area contributed by atoms with Crippen molar-refractivity contribution in [3.05, 3.63) is 87.0 Å². The lowest BCUT2D eigenvalue weighted by Crippen LogP contribution is -2.37. The van der Waals surface area contributed by atoms with Crippen LogP contribution in [0, 0.1) is 0 Å². The highest BCUT2D eigenvalue weighted by Crippen LogP contribution is 2.33. The van der Waals surface area contributed by atoms with Gasteiger partial charge in [-0.2, -0.15) is 0 Å². The topological polar surface area (TPSA) is 68.1 Å². The molecule has 7 heteroatoms. The molecule has 1 aliphatic rings. The summed E-state index contributed by atoms with van der Waals surface area (Å²) in [5.41, 5.74) is 2.69. The molecule has 1 aliphatic carbocycles. The van der Waals surface area contributed by atoms with E-state index in [1.54, 1.807) is 16.2 Å². The van der Waals surface area contributed by atoms with Gasteiger partial charge in [0.15, 0.2) is 4.83 Å². The monoisotopic (exact) mass is 430 g/mol. The summed E-state index contributed by atoms with van der Waals surface area (Å²) in [6, 6.07) is 19.3. The summed E-state index contributed by atoms with van der Waals surface area (Å²) in [5, 5.41) is 9.02. The number of hydrogen-bond donors (Lipinski definition) is 0. The van der Waals surface area contributed by atoms with E-state index in [1.807, 2.05) is 60.7 Å². The number of carbonyl (C=O) groups excluding carboxylic acids is 1. The van der Waals surface area contributed by atoms with E-state index < -0.39 is 0 Å². The lowest BCUT2D eigenvalue weighted by molar-refractivity contribution is -0.119. The van der Waals surface area contributed by atoms with E-state index in [2.05, 4.69) is 10.3 Å². The Labute approximate surface area is 183 Å². The Bertz CT molecular complexity index is 1280. The summed E-state index contributed by atoms with van der Waals surface area (Å²) in [5.74, 6) is -0.199. The maximum absolute atomic E-state index is 13.3. The number of aryl methyl sites for hydroxylation is 2. The second-order valence-corrected chi connectivity index (χ2v) is 8.83. The number of thiophene rings is 1. The smallest absolute Gasteiger partial charge is 0.279 e. The number of anilines is 1. The Morgan fingerprint density at radius 3 is 2.48 bits per heavy atom. The van der Waals surface area contributed by atoms with Gasteiger partial charge in [0, 0.05) is 10.6 Å². The minimum absolute atomic E-state index is 0.145. The largest absolute Gasteiger partial charge is 0.306 e. The molecule has 5 rings (SSSR count). The van der Waals surface area contributed by atoms with Gasteiger partial charge in [-0.15, -0.1) is 16.4 Å². The van der Waals surface area contributed by atoms with Crippen LogP contribution in [0.2, 0.25) is 0 Å². The van der Waals surface area contributed by atoms with Crippen LogP contribution in [-0.4, -0.2) is 20.9 Å². The Kier molecular flexibility index (Phi) is 5.34. The van der Waals surface area contributed by atoms with Crippen LogP contribution < -0.4 is 10.5 Å². The molecule has 0 unspecified atom stereocenters. The second-order valence-electron chi connectivity index (χ2n) is 7.74. The maximum atomic E-state index is 13.3.